The lowest BCUT2D eigenvalue weighted by Crippen LogP contribution is -2.60. The van der Waals surface area contributed by atoms with E-state index < -0.39 is 64.2 Å². The van der Waals surface area contributed by atoms with Gasteiger partial charge in [-0.25, -0.2) is 22.6 Å². The van der Waals surface area contributed by atoms with Crippen molar-refractivity contribution < 1.29 is 32.3 Å². The van der Waals surface area contributed by atoms with Crippen molar-refractivity contribution in [3.63, 3.8) is 0 Å². The Labute approximate surface area is 194 Å². The van der Waals surface area contributed by atoms with Crippen LogP contribution in [0.2, 0.25) is 0 Å². The molecule has 1 saturated heterocycles. The van der Waals surface area contributed by atoms with Crippen LogP contribution in [0.5, 0.6) is 0 Å². The molecule has 2 amide bonds. The van der Waals surface area contributed by atoms with Crippen LogP contribution >= 0.6 is 15.9 Å². The normalized spacial score (nSPS) is 20.9. The molecule has 174 valence electrons. The zero-order chi connectivity index (χ0) is 24.1. The second kappa shape index (κ2) is 8.45. The molecular formula is C22H18BrF4N3O3. The van der Waals surface area contributed by atoms with Gasteiger partial charge in [0.25, 0.3) is 11.8 Å². The van der Waals surface area contributed by atoms with E-state index in [4.69, 9.17) is 0 Å². The lowest BCUT2D eigenvalue weighted by Gasteiger charge is -2.46. The van der Waals surface area contributed by atoms with E-state index in [1.54, 1.807) is 6.92 Å². The van der Waals surface area contributed by atoms with Crippen LogP contribution in [0.15, 0.2) is 46.1 Å². The molecule has 2 aliphatic rings. The van der Waals surface area contributed by atoms with Gasteiger partial charge in [-0.15, -0.1) is 0 Å². The average Bonchev–Trinajstić information content (AvgIpc) is 3.17. The molecule has 33 heavy (non-hydrogen) atoms. The van der Waals surface area contributed by atoms with E-state index in [1.807, 2.05) is 0 Å². The van der Waals surface area contributed by atoms with Crippen molar-refractivity contribution in [3.05, 3.63) is 75.0 Å². The molecule has 1 unspecified atom stereocenters. The Hall–Kier alpha value is -2.92. The summed E-state index contributed by atoms with van der Waals surface area (Å²) in [6, 6.07) is 5.79. The molecule has 6 nitrogen and oxygen atoms in total. The average molecular weight is 528 g/mol. The largest absolute Gasteiger partial charge is 0.509 e. The van der Waals surface area contributed by atoms with Crippen LogP contribution in [0, 0.1) is 23.3 Å². The standard InChI is InChI=1S/C22H18BrF4N3O3/c1-22-8-3-9-30(22)29(10-11-4-2-5-13(24)16(11)25)21(33)15(19(22)31)20(32)28-14-7-6-12(23)17(26)18(14)27/h2,4-7,31H,3,8-10H2,1H3,(H,28,32). The molecule has 2 N–H and O–H groups in total. The summed E-state index contributed by atoms with van der Waals surface area (Å²) in [4.78, 5) is 26.2. The molecule has 1 atom stereocenters. The number of nitrogens with one attached hydrogen (secondary N) is 1. The molecular weight excluding hydrogens is 510 g/mol. The molecule has 0 radical (unpaired) electrons. The number of amides is 2. The third kappa shape index (κ3) is 3.78. The highest BCUT2D eigenvalue weighted by Gasteiger charge is 2.52. The summed E-state index contributed by atoms with van der Waals surface area (Å²) in [5.74, 6) is -7.49. The van der Waals surface area contributed by atoms with E-state index in [9.17, 15) is 32.3 Å². The molecule has 1 fully saturated rings. The number of fused-ring (bicyclic) bond motifs is 1. The van der Waals surface area contributed by atoms with E-state index in [2.05, 4.69) is 21.2 Å². The number of aliphatic hydroxyl groups is 1. The fourth-order valence-corrected chi connectivity index (χ4v) is 4.49. The quantitative estimate of drug-likeness (QED) is 0.347. The van der Waals surface area contributed by atoms with Gasteiger partial charge >= 0.3 is 0 Å². The van der Waals surface area contributed by atoms with Gasteiger partial charge in [0, 0.05) is 12.1 Å². The Morgan fingerprint density at radius 3 is 2.61 bits per heavy atom. The fraction of sp³-hybridized carbons (Fsp3) is 0.273. The lowest BCUT2D eigenvalue weighted by molar-refractivity contribution is -0.160. The number of carbonyl (C=O) groups is 2. The fourth-order valence-electron chi connectivity index (χ4n) is 4.19. The van der Waals surface area contributed by atoms with Crippen molar-refractivity contribution in [1.82, 2.24) is 10.0 Å². The zero-order valence-electron chi connectivity index (χ0n) is 17.3. The van der Waals surface area contributed by atoms with Gasteiger partial charge in [0.1, 0.15) is 11.3 Å². The van der Waals surface area contributed by atoms with Crippen molar-refractivity contribution in [2.24, 2.45) is 0 Å². The topological polar surface area (TPSA) is 72.9 Å². The van der Waals surface area contributed by atoms with Crippen LogP contribution in [0.1, 0.15) is 25.3 Å². The van der Waals surface area contributed by atoms with E-state index >= 15 is 0 Å². The van der Waals surface area contributed by atoms with E-state index in [0.717, 1.165) is 17.1 Å². The molecule has 2 aliphatic heterocycles. The van der Waals surface area contributed by atoms with Gasteiger partial charge in [0.05, 0.1) is 22.2 Å². The Balaban J connectivity index is 1.73. The van der Waals surface area contributed by atoms with Crippen molar-refractivity contribution in [3.8, 4) is 0 Å². The van der Waals surface area contributed by atoms with Crippen molar-refractivity contribution in [2.75, 3.05) is 11.9 Å². The smallest absolute Gasteiger partial charge is 0.277 e. The summed E-state index contributed by atoms with van der Waals surface area (Å²) in [6.07, 6.45) is 0.920. The van der Waals surface area contributed by atoms with Crippen LogP contribution in [-0.2, 0) is 16.1 Å². The number of rotatable bonds is 4. The maximum absolute atomic E-state index is 14.3. The molecule has 0 spiro atoms. The predicted octanol–water partition coefficient (Wildman–Crippen LogP) is 4.57. The number of hydrazine groups is 1. The monoisotopic (exact) mass is 527 g/mol. The Bertz CT molecular complexity index is 1210. The van der Waals surface area contributed by atoms with Gasteiger partial charge < -0.3 is 10.4 Å². The number of hydrogen-bond acceptors (Lipinski definition) is 4. The summed E-state index contributed by atoms with van der Waals surface area (Å²) < 4.78 is 56.0. The molecule has 0 aromatic heterocycles. The summed E-state index contributed by atoms with van der Waals surface area (Å²) >= 11 is 2.83. The number of aliphatic hydroxyl groups excluding tert-OH is 1. The van der Waals surface area contributed by atoms with Crippen LogP contribution in [-0.4, -0.2) is 39.0 Å². The highest BCUT2D eigenvalue weighted by Crippen LogP contribution is 2.42. The van der Waals surface area contributed by atoms with Gasteiger partial charge in [-0.05, 0) is 53.9 Å². The van der Waals surface area contributed by atoms with Crippen LogP contribution in [0.25, 0.3) is 0 Å². The molecule has 0 saturated carbocycles. The van der Waals surface area contributed by atoms with Crippen LogP contribution in [0.4, 0.5) is 23.2 Å². The molecule has 4 rings (SSSR count). The van der Waals surface area contributed by atoms with Gasteiger partial charge in [-0.1, -0.05) is 12.1 Å². The number of benzene rings is 2. The third-order valence-electron chi connectivity index (χ3n) is 5.95. The Morgan fingerprint density at radius 1 is 1.15 bits per heavy atom. The third-order valence-corrected chi connectivity index (χ3v) is 6.56. The Morgan fingerprint density at radius 2 is 1.88 bits per heavy atom. The summed E-state index contributed by atoms with van der Waals surface area (Å²) in [6.45, 7) is 1.53. The van der Waals surface area contributed by atoms with Gasteiger partial charge in [0.15, 0.2) is 23.3 Å². The van der Waals surface area contributed by atoms with Crippen molar-refractivity contribution in [2.45, 2.75) is 31.8 Å². The van der Waals surface area contributed by atoms with Crippen LogP contribution < -0.4 is 5.32 Å². The highest BCUT2D eigenvalue weighted by atomic mass is 79.9. The van der Waals surface area contributed by atoms with Crippen molar-refractivity contribution >= 4 is 33.4 Å². The molecule has 11 heteroatoms. The number of carbonyl (C=O) groups excluding carboxylic acids is 2. The van der Waals surface area contributed by atoms with E-state index in [0.29, 0.717) is 19.4 Å². The number of halogens is 5. The van der Waals surface area contributed by atoms with E-state index in [1.165, 1.54) is 23.2 Å². The number of anilines is 1. The van der Waals surface area contributed by atoms with Crippen LogP contribution in [0.3, 0.4) is 0 Å². The molecule has 2 aromatic rings. The minimum absolute atomic E-state index is 0.125. The zero-order valence-corrected chi connectivity index (χ0v) is 18.8. The maximum Gasteiger partial charge on any atom is 0.277 e. The van der Waals surface area contributed by atoms with Gasteiger partial charge in [-0.3, -0.25) is 14.6 Å². The van der Waals surface area contributed by atoms with Crippen molar-refractivity contribution in [1.29, 1.82) is 0 Å². The first kappa shape index (κ1) is 23.2. The Kier molecular flexibility index (Phi) is 5.95. The predicted molar refractivity (Wildman–Crippen MR) is 114 cm³/mol. The SMILES string of the molecule is CC12CCCN1N(Cc1cccc(F)c1F)C(=O)C(C(=O)Nc1ccc(Br)c(F)c1F)=C2O. The lowest BCUT2D eigenvalue weighted by atomic mass is 9.90. The summed E-state index contributed by atoms with van der Waals surface area (Å²) in [7, 11) is 0. The first-order valence-electron chi connectivity index (χ1n) is 9.97. The second-order valence-electron chi connectivity index (χ2n) is 7.98. The van der Waals surface area contributed by atoms with Gasteiger partial charge in [-0.2, -0.15) is 0 Å². The second-order valence-corrected chi connectivity index (χ2v) is 8.83. The molecule has 2 aromatic carbocycles. The minimum atomic E-state index is -1.35. The first-order valence-corrected chi connectivity index (χ1v) is 10.8. The summed E-state index contributed by atoms with van der Waals surface area (Å²) in [5, 5.41) is 15.6. The maximum atomic E-state index is 14.3. The molecule has 0 bridgehead atoms. The van der Waals surface area contributed by atoms with E-state index in [-0.39, 0.29) is 10.0 Å². The minimum Gasteiger partial charge on any atom is -0.509 e. The number of hydrogen-bond donors (Lipinski definition) is 2. The highest BCUT2D eigenvalue weighted by molar-refractivity contribution is 9.10. The first-order chi connectivity index (χ1) is 15.6. The number of nitrogens with zero attached hydrogens (tertiary/aromatic N) is 2. The van der Waals surface area contributed by atoms with Gasteiger partial charge in [0.2, 0.25) is 0 Å². The summed E-state index contributed by atoms with van der Waals surface area (Å²) in [5.41, 5.74) is -2.51. The molecule has 0 aliphatic carbocycles. The molecule has 2 heterocycles.